The fraction of sp³-hybridized carbons (Fsp3) is 0.538. The van der Waals surface area contributed by atoms with Crippen LogP contribution >= 0.6 is 22.5 Å². The van der Waals surface area contributed by atoms with E-state index in [4.69, 9.17) is 0 Å². The van der Waals surface area contributed by atoms with Gasteiger partial charge in [0.05, 0.1) is 5.56 Å². The molecule has 1 N–H and O–H groups in total. The van der Waals surface area contributed by atoms with Gasteiger partial charge in [-0.1, -0.05) is 16.9 Å². The van der Waals surface area contributed by atoms with Crippen LogP contribution in [-0.4, -0.2) is 30.6 Å². The summed E-state index contributed by atoms with van der Waals surface area (Å²) in [5.74, 6) is 0. The first-order valence-corrected chi connectivity index (χ1v) is 8.24. The highest BCUT2D eigenvalue weighted by Gasteiger charge is 2.34. The van der Waals surface area contributed by atoms with E-state index in [-0.39, 0.29) is 0 Å². The summed E-state index contributed by atoms with van der Waals surface area (Å²) in [4.78, 5) is 2.57. The standard InChI is InChI=1S/C13H17F3N2S2/c1-9-7-18(5-4-17-9)8-10-2-3-11(20-19)6-12(10)13(14,15)16/h2-3,6,9,17,19H,4-5,7-8H2,1H3. The molecule has 1 aromatic carbocycles. The lowest BCUT2D eigenvalue weighted by molar-refractivity contribution is -0.138. The van der Waals surface area contributed by atoms with Crippen LogP contribution in [0.5, 0.6) is 0 Å². The van der Waals surface area contributed by atoms with Crippen molar-refractivity contribution in [1.29, 1.82) is 0 Å². The van der Waals surface area contributed by atoms with Gasteiger partial charge < -0.3 is 5.32 Å². The molecule has 1 aliphatic rings. The summed E-state index contributed by atoms with van der Waals surface area (Å²) in [6.45, 7) is 4.72. The Labute approximate surface area is 125 Å². The number of piperazine rings is 1. The van der Waals surface area contributed by atoms with E-state index in [9.17, 15) is 13.2 Å². The van der Waals surface area contributed by atoms with Crippen molar-refractivity contribution in [2.75, 3.05) is 19.6 Å². The van der Waals surface area contributed by atoms with Crippen LogP contribution in [0, 0.1) is 0 Å². The Bertz CT molecular complexity index is 465. The van der Waals surface area contributed by atoms with Crippen LogP contribution in [0.2, 0.25) is 0 Å². The van der Waals surface area contributed by atoms with Gasteiger partial charge >= 0.3 is 6.18 Å². The Morgan fingerprint density at radius 3 is 2.80 bits per heavy atom. The molecule has 0 saturated carbocycles. The van der Waals surface area contributed by atoms with E-state index in [1.165, 1.54) is 6.07 Å². The molecule has 1 unspecified atom stereocenters. The topological polar surface area (TPSA) is 15.3 Å². The molecule has 1 atom stereocenters. The molecule has 0 spiro atoms. The number of hydrogen-bond acceptors (Lipinski definition) is 4. The Morgan fingerprint density at radius 2 is 2.20 bits per heavy atom. The Hall–Kier alpha value is -0.370. The molecule has 2 rings (SSSR count). The van der Waals surface area contributed by atoms with Crippen molar-refractivity contribution in [2.24, 2.45) is 0 Å². The second kappa shape index (κ2) is 6.60. The average molecular weight is 322 g/mol. The van der Waals surface area contributed by atoms with E-state index in [0.29, 0.717) is 23.0 Å². The maximum atomic E-state index is 13.1. The van der Waals surface area contributed by atoms with Crippen molar-refractivity contribution in [3.05, 3.63) is 29.3 Å². The maximum Gasteiger partial charge on any atom is 0.416 e. The third-order valence-corrected chi connectivity index (χ3v) is 4.44. The molecule has 2 nitrogen and oxygen atoms in total. The lowest BCUT2D eigenvalue weighted by atomic mass is 10.1. The number of rotatable bonds is 3. The first-order valence-electron chi connectivity index (χ1n) is 6.37. The first-order chi connectivity index (χ1) is 9.40. The minimum absolute atomic E-state index is 0.311. The van der Waals surface area contributed by atoms with Crippen molar-refractivity contribution in [2.45, 2.75) is 30.6 Å². The van der Waals surface area contributed by atoms with Crippen LogP contribution in [0.4, 0.5) is 13.2 Å². The number of thiol groups is 1. The maximum absolute atomic E-state index is 13.1. The molecule has 1 aliphatic heterocycles. The second-order valence-electron chi connectivity index (χ2n) is 5.00. The van der Waals surface area contributed by atoms with E-state index in [0.717, 1.165) is 30.4 Å². The van der Waals surface area contributed by atoms with Crippen LogP contribution < -0.4 is 5.32 Å². The van der Waals surface area contributed by atoms with Gasteiger partial charge in [-0.25, -0.2) is 0 Å². The lowest BCUT2D eigenvalue weighted by Gasteiger charge is -2.32. The summed E-state index contributed by atoms with van der Waals surface area (Å²) >= 11 is 3.96. The molecule has 7 heteroatoms. The highest BCUT2D eigenvalue weighted by molar-refractivity contribution is 8.68. The second-order valence-corrected chi connectivity index (χ2v) is 6.20. The minimum Gasteiger partial charge on any atom is -0.312 e. The quantitative estimate of drug-likeness (QED) is 0.655. The van der Waals surface area contributed by atoms with Crippen LogP contribution in [-0.2, 0) is 12.7 Å². The molecule has 0 bridgehead atoms. The van der Waals surface area contributed by atoms with Crippen LogP contribution in [0.1, 0.15) is 18.1 Å². The van der Waals surface area contributed by atoms with Crippen LogP contribution in [0.3, 0.4) is 0 Å². The molecule has 1 heterocycles. The molecular formula is C13H17F3N2S2. The smallest absolute Gasteiger partial charge is 0.312 e. The molecular weight excluding hydrogens is 305 g/mol. The Morgan fingerprint density at radius 1 is 1.45 bits per heavy atom. The largest absolute Gasteiger partial charge is 0.416 e. The average Bonchev–Trinajstić information content (AvgIpc) is 2.38. The highest BCUT2D eigenvalue weighted by atomic mass is 33.1. The number of alkyl halides is 3. The van der Waals surface area contributed by atoms with E-state index < -0.39 is 11.7 Å². The molecule has 112 valence electrons. The number of benzene rings is 1. The summed E-state index contributed by atoms with van der Waals surface area (Å²) in [6, 6.07) is 4.74. The zero-order valence-electron chi connectivity index (χ0n) is 11.1. The molecule has 0 aromatic heterocycles. The molecule has 20 heavy (non-hydrogen) atoms. The third kappa shape index (κ3) is 4.07. The normalized spacial score (nSPS) is 21.1. The van der Waals surface area contributed by atoms with Gasteiger partial charge in [-0.3, -0.25) is 4.90 Å². The Balaban J connectivity index is 2.22. The molecule has 0 amide bonds. The Kier molecular flexibility index (Phi) is 5.28. The van der Waals surface area contributed by atoms with Crippen molar-refractivity contribution >= 4 is 22.5 Å². The van der Waals surface area contributed by atoms with Crippen molar-refractivity contribution in [3.8, 4) is 0 Å². The molecule has 1 saturated heterocycles. The van der Waals surface area contributed by atoms with Gasteiger partial charge in [0.2, 0.25) is 0 Å². The summed E-state index contributed by atoms with van der Waals surface area (Å²) < 4.78 is 39.4. The third-order valence-electron chi connectivity index (χ3n) is 3.34. The summed E-state index contributed by atoms with van der Waals surface area (Å²) in [6.07, 6.45) is -4.32. The van der Waals surface area contributed by atoms with Crippen LogP contribution in [0.25, 0.3) is 0 Å². The predicted octanol–water partition coefficient (Wildman–Crippen LogP) is 3.44. The molecule has 1 aromatic rings. The van der Waals surface area contributed by atoms with Gasteiger partial charge in [-0.05, 0) is 24.6 Å². The minimum atomic E-state index is -4.32. The molecule has 1 fully saturated rings. The fourth-order valence-electron chi connectivity index (χ4n) is 2.41. The number of hydrogen-bond donors (Lipinski definition) is 2. The van der Waals surface area contributed by atoms with E-state index in [1.54, 1.807) is 12.1 Å². The monoisotopic (exact) mass is 322 g/mol. The van der Waals surface area contributed by atoms with E-state index >= 15 is 0 Å². The summed E-state index contributed by atoms with van der Waals surface area (Å²) in [7, 11) is 1.03. The van der Waals surface area contributed by atoms with Crippen molar-refractivity contribution in [3.63, 3.8) is 0 Å². The van der Waals surface area contributed by atoms with Crippen LogP contribution in [0.15, 0.2) is 23.1 Å². The van der Waals surface area contributed by atoms with Crippen molar-refractivity contribution in [1.82, 2.24) is 10.2 Å². The lowest BCUT2D eigenvalue weighted by Crippen LogP contribution is -2.48. The van der Waals surface area contributed by atoms with Gasteiger partial charge in [0.15, 0.2) is 0 Å². The zero-order valence-corrected chi connectivity index (χ0v) is 12.8. The first kappa shape index (κ1) is 16.0. The van der Waals surface area contributed by atoms with Gasteiger partial charge in [-0.15, -0.1) is 11.7 Å². The van der Waals surface area contributed by atoms with Gasteiger partial charge in [0, 0.05) is 37.1 Å². The molecule has 0 aliphatic carbocycles. The highest BCUT2D eigenvalue weighted by Crippen LogP contribution is 2.36. The van der Waals surface area contributed by atoms with Gasteiger partial charge in [0.25, 0.3) is 0 Å². The fourth-order valence-corrected chi connectivity index (χ4v) is 3.05. The molecule has 0 radical (unpaired) electrons. The zero-order chi connectivity index (χ0) is 14.8. The van der Waals surface area contributed by atoms with Gasteiger partial charge in [0.1, 0.15) is 0 Å². The SMILES string of the molecule is CC1CN(Cc2ccc(SS)cc2C(F)(F)F)CCN1. The number of nitrogens with zero attached hydrogens (tertiary/aromatic N) is 1. The number of nitrogens with one attached hydrogen (secondary N) is 1. The van der Waals surface area contributed by atoms with Gasteiger partial charge in [-0.2, -0.15) is 13.2 Å². The predicted molar refractivity (Wildman–Crippen MR) is 79.0 cm³/mol. The van der Waals surface area contributed by atoms with Crippen molar-refractivity contribution < 1.29 is 13.2 Å². The summed E-state index contributed by atoms with van der Waals surface area (Å²) in [5, 5.41) is 3.28. The number of halogens is 3. The summed E-state index contributed by atoms with van der Waals surface area (Å²) in [5.41, 5.74) is -0.222. The van der Waals surface area contributed by atoms with E-state index in [1.807, 2.05) is 6.92 Å². The van der Waals surface area contributed by atoms with E-state index in [2.05, 4.69) is 21.9 Å².